The first-order valence-corrected chi connectivity index (χ1v) is 5.21. The van der Waals surface area contributed by atoms with Crippen LogP contribution in [0.25, 0.3) is 0 Å². The number of hydrogen-bond donors (Lipinski definition) is 0. The van der Waals surface area contributed by atoms with Gasteiger partial charge in [0.2, 0.25) is 0 Å². The molecule has 0 saturated carbocycles. The lowest BCUT2D eigenvalue weighted by atomic mass is 10.2. The zero-order valence-corrected chi connectivity index (χ0v) is 8.96. The first-order chi connectivity index (χ1) is 5.22. The first-order valence-electron chi connectivity index (χ1n) is 4.39. The average molecular weight is 176 g/mol. The predicted molar refractivity (Wildman–Crippen MR) is 52.2 cm³/mol. The van der Waals surface area contributed by atoms with Gasteiger partial charge in [-0.3, -0.25) is 4.90 Å². The third-order valence-electron chi connectivity index (χ3n) is 2.03. The minimum Gasteiger partial charge on any atom is -0.338 e. The lowest BCUT2D eigenvalue weighted by molar-refractivity contribution is -0.0414. The Bertz CT molecular complexity index is 111. The molecule has 0 spiro atoms. The van der Waals surface area contributed by atoms with Crippen LogP contribution in [0.15, 0.2) is 0 Å². The normalized spacial score (nSPS) is 34.4. The summed E-state index contributed by atoms with van der Waals surface area (Å²) in [5.74, 6) is 0.449. The van der Waals surface area contributed by atoms with Crippen molar-refractivity contribution in [2.24, 2.45) is 0 Å². The van der Waals surface area contributed by atoms with Crippen molar-refractivity contribution in [3.05, 3.63) is 0 Å². The minimum atomic E-state index is 0.449. The number of hydrogen-bond acceptors (Lipinski definition) is 2. The van der Waals surface area contributed by atoms with E-state index in [2.05, 4.69) is 18.9 Å². The Balaban J connectivity index is 2.30. The van der Waals surface area contributed by atoms with Crippen molar-refractivity contribution < 1.29 is 4.74 Å². The second-order valence-electron chi connectivity index (χ2n) is 3.39. The number of nitrogens with zero attached hydrogens (tertiary/aromatic N) is 1. The van der Waals surface area contributed by atoms with Gasteiger partial charge in [0, 0.05) is 15.8 Å². The number of morpholine rings is 1. The summed E-state index contributed by atoms with van der Waals surface area (Å²) in [6.07, 6.45) is 2.93. The molecule has 0 aliphatic carbocycles. The minimum absolute atomic E-state index is 0.449. The van der Waals surface area contributed by atoms with Gasteiger partial charge in [0.05, 0.1) is 12.6 Å². The summed E-state index contributed by atoms with van der Waals surface area (Å²) in [4.78, 5) is 2.36. The molecule has 0 bridgehead atoms. The number of likely N-dealkylation sites (N-methyl/N-ethyl adjacent to an activating group) is 1. The molecule has 1 aliphatic heterocycles. The van der Waals surface area contributed by atoms with Gasteiger partial charge in [-0.25, -0.2) is 0 Å². The van der Waals surface area contributed by atoms with Crippen molar-refractivity contribution in [1.82, 2.24) is 4.90 Å². The van der Waals surface area contributed by atoms with Crippen LogP contribution < -0.4 is 0 Å². The van der Waals surface area contributed by atoms with Crippen LogP contribution in [0.4, 0.5) is 0 Å². The lowest BCUT2D eigenvalue weighted by Gasteiger charge is -2.31. The fraction of sp³-hybridized carbons (Fsp3) is 1.00. The average Bonchev–Trinajstić information content (AvgIpc) is 1.85. The number of rotatable bonds is 2. The molecule has 0 aromatic carbocycles. The van der Waals surface area contributed by atoms with Gasteiger partial charge < -0.3 is 4.74 Å². The van der Waals surface area contributed by atoms with E-state index in [9.17, 15) is 0 Å². The van der Waals surface area contributed by atoms with E-state index in [1.807, 2.05) is 9.24 Å². The van der Waals surface area contributed by atoms with Gasteiger partial charge in [0.25, 0.3) is 0 Å². The summed E-state index contributed by atoms with van der Waals surface area (Å²) in [5, 5.41) is 0. The molecule has 0 aromatic rings. The molecular weight excluding hydrogens is 157 g/mol. The molecule has 0 N–H and O–H groups in total. The van der Waals surface area contributed by atoms with Crippen LogP contribution in [0.3, 0.4) is 0 Å². The maximum absolute atomic E-state index is 5.77. The highest BCUT2D eigenvalue weighted by Gasteiger charge is 2.24. The first kappa shape index (κ1) is 9.44. The van der Waals surface area contributed by atoms with E-state index < -0.39 is 0 Å². The lowest BCUT2D eigenvalue weighted by Crippen LogP contribution is -2.43. The van der Waals surface area contributed by atoms with Gasteiger partial charge in [0.1, 0.15) is 0 Å². The van der Waals surface area contributed by atoms with E-state index in [0.29, 0.717) is 11.9 Å². The standard InChI is InChI=1S/C8H18NOP/c1-3-4-7-5-9(2)6-8(11)10-7/h7-8H,3-6,11H2,1-2H3/p+1. The van der Waals surface area contributed by atoms with Crippen LogP contribution in [-0.4, -0.2) is 37.0 Å². The monoisotopic (exact) mass is 176 g/mol. The topological polar surface area (TPSA) is 12.5 Å². The van der Waals surface area contributed by atoms with Gasteiger partial charge in [-0.1, -0.05) is 13.3 Å². The van der Waals surface area contributed by atoms with Gasteiger partial charge >= 0.3 is 0 Å². The van der Waals surface area contributed by atoms with E-state index in [1.54, 1.807) is 0 Å². The van der Waals surface area contributed by atoms with Crippen molar-refractivity contribution in [1.29, 1.82) is 0 Å². The van der Waals surface area contributed by atoms with Crippen LogP contribution in [0, 0.1) is 0 Å². The highest BCUT2D eigenvalue weighted by Crippen LogP contribution is 2.17. The van der Waals surface area contributed by atoms with Crippen molar-refractivity contribution in [2.75, 3.05) is 20.1 Å². The molecule has 1 saturated heterocycles. The summed E-state index contributed by atoms with van der Waals surface area (Å²) in [7, 11) is 4.13. The third kappa shape index (κ3) is 3.06. The Morgan fingerprint density at radius 2 is 2.27 bits per heavy atom. The van der Waals surface area contributed by atoms with Crippen LogP contribution in [0.2, 0.25) is 0 Å². The van der Waals surface area contributed by atoms with Gasteiger partial charge in [-0.15, -0.1) is 0 Å². The zero-order chi connectivity index (χ0) is 8.27. The molecule has 3 unspecified atom stereocenters. The van der Waals surface area contributed by atoms with Crippen LogP contribution in [0.5, 0.6) is 0 Å². The van der Waals surface area contributed by atoms with E-state index in [-0.39, 0.29) is 0 Å². The maximum atomic E-state index is 5.77. The molecular formula is C8H19NOP+. The fourth-order valence-corrected chi connectivity index (χ4v) is 2.32. The van der Waals surface area contributed by atoms with E-state index >= 15 is 0 Å². The molecule has 66 valence electrons. The second-order valence-corrected chi connectivity index (χ2v) is 4.30. The van der Waals surface area contributed by atoms with Crippen LogP contribution >= 0.6 is 9.24 Å². The van der Waals surface area contributed by atoms with Crippen LogP contribution in [0.1, 0.15) is 19.8 Å². The van der Waals surface area contributed by atoms with Gasteiger partial charge in [-0.05, 0) is 13.5 Å². The van der Waals surface area contributed by atoms with Gasteiger partial charge in [0.15, 0.2) is 5.85 Å². The molecule has 1 aliphatic rings. The zero-order valence-electron chi connectivity index (χ0n) is 7.55. The number of ether oxygens (including phenoxy) is 1. The fourth-order valence-electron chi connectivity index (χ4n) is 1.61. The maximum Gasteiger partial charge on any atom is 0.172 e. The molecule has 11 heavy (non-hydrogen) atoms. The molecule has 0 amide bonds. The second kappa shape index (κ2) is 4.39. The van der Waals surface area contributed by atoms with E-state index in [4.69, 9.17) is 4.74 Å². The summed E-state index contributed by atoms with van der Waals surface area (Å²) >= 11 is 0. The van der Waals surface area contributed by atoms with Crippen LogP contribution in [-0.2, 0) is 4.74 Å². The molecule has 1 heterocycles. The molecule has 2 nitrogen and oxygen atoms in total. The molecule has 3 heteroatoms. The molecule has 1 fully saturated rings. The van der Waals surface area contributed by atoms with Crippen molar-refractivity contribution >= 4 is 9.24 Å². The molecule has 0 aromatic heterocycles. The smallest absolute Gasteiger partial charge is 0.172 e. The highest BCUT2D eigenvalue weighted by atomic mass is 31.0. The largest absolute Gasteiger partial charge is 0.338 e. The SMILES string of the molecule is CCCC1CN(C)CC([PH3+])O1. The highest BCUT2D eigenvalue weighted by molar-refractivity contribution is 7.17. The summed E-state index contributed by atoms with van der Waals surface area (Å²) < 4.78 is 5.77. The summed E-state index contributed by atoms with van der Waals surface area (Å²) in [5.41, 5.74) is 0. The van der Waals surface area contributed by atoms with Gasteiger partial charge in [-0.2, -0.15) is 0 Å². The summed E-state index contributed by atoms with van der Waals surface area (Å²) in [6.45, 7) is 4.42. The molecule has 3 atom stereocenters. The Morgan fingerprint density at radius 1 is 1.55 bits per heavy atom. The third-order valence-corrected chi connectivity index (χ3v) is 2.48. The molecule has 0 radical (unpaired) electrons. The van der Waals surface area contributed by atoms with Crippen molar-refractivity contribution in [3.8, 4) is 0 Å². The van der Waals surface area contributed by atoms with Crippen molar-refractivity contribution in [3.63, 3.8) is 0 Å². The Kier molecular flexibility index (Phi) is 3.77. The van der Waals surface area contributed by atoms with Crippen molar-refractivity contribution in [2.45, 2.75) is 31.7 Å². The predicted octanol–water partition coefficient (Wildman–Crippen LogP) is 1.05. The summed E-state index contributed by atoms with van der Waals surface area (Å²) in [6, 6.07) is 0. The Hall–Kier alpha value is 0.350. The Labute approximate surface area is 71.5 Å². The quantitative estimate of drug-likeness (QED) is 0.583. The Morgan fingerprint density at radius 3 is 2.82 bits per heavy atom. The van der Waals surface area contributed by atoms with E-state index in [0.717, 1.165) is 13.1 Å². The molecule has 1 rings (SSSR count). The van der Waals surface area contributed by atoms with E-state index in [1.165, 1.54) is 12.8 Å².